The first-order chi connectivity index (χ1) is 7.79. The molecule has 1 heterocycles. The van der Waals surface area contributed by atoms with Crippen LogP contribution in [0.3, 0.4) is 0 Å². The van der Waals surface area contributed by atoms with Gasteiger partial charge in [-0.05, 0) is 23.8 Å². The van der Waals surface area contributed by atoms with Crippen molar-refractivity contribution in [2.24, 2.45) is 0 Å². The van der Waals surface area contributed by atoms with Crippen LogP contribution in [0.1, 0.15) is 5.56 Å². The van der Waals surface area contributed by atoms with Crippen LogP contribution < -0.4 is 0 Å². The molecule has 1 aromatic heterocycles. The highest BCUT2D eigenvalue weighted by Crippen LogP contribution is 2.30. The third kappa shape index (κ3) is 2.81. The smallest absolute Gasteiger partial charge is 0.119 e. The monoisotopic (exact) mass is 296 g/mol. The highest BCUT2D eigenvalue weighted by Gasteiger charge is 2.05. The lowest BCUT2D eigenvalue weighted by Gasteiger charge is -2.06. The summed E-state index contributed by atoms with van der Waals surface area (Å²) in [7, 11) is 0. The van der Waals surface area contributed by atoms with E-state index < -0.39 is 0 Å². The number of aliphatic hydroxyl groups excluding tert-OH is 1. The molecule has 0 aliphatic carbocycles. The van der Waals surface area contributed by atoms with E-state index in [1.807, 2.05) is 18.2 Å². The minimum absolute atomic E-state index is 0.0159. The zero-order valence-electron chi connectivity index (χ0n) is 8.30. The Labute approximate surface area is 106 Å². The molecule has 5 heteroatoms. The van der Waals surface area contributed by atoms with Gasteiger partial charge in [0.25, 0.3) is 0 Å². The van der Waals surface area contributed by atoms with Crippen LogP contribution >= 0.6 is 27.7 Å². The molecule has 82 valence electrons. The first-order valence-electron chi connectivity index (χ1n) is 4.63. The van der Waals surface area contributed by atoms with Gasteiger partial charge >= 0.3 is 0 Å². The molecule has 0 amide bonds. The number of hydrogen-bond acceptors (Lipinski definition) is 4. The summed E-state index contributed by atoms with van der Waals surface area (Å²) in [4.78, 5) is 9.17. The van der Waals surface area contributed by atoms with Crippen LogP contribution in [0.4, 0.5) is 0 Å². The largest absolute Gasteiger partial charge is 0.392 e. The van der Waals surface area contributed by atoms with E-state index in [1.54, 1.807) is 18.6 Å². The first-order valence-corrected chi connectivity index (χ1v) is 6.23. The SMILES string of the molecule is OCc1cc(Br)ccc1Sc1cnccn1. The second-order valence-electron chi connectivity index (χ2n) is 3.06. The second-order valence-corrected chi connectivity index (χ2v) is 5.03. The van der Waals surface area contributed by atoms with Crippen molar-refractivity contribution in [2.75, 3.05) is 0 Å². The molecular formula is C11H9BrN2OS. The van der Waals surface area contributed by atoms with Gasteiger partial charge < -0.3 is 5.11 Å². The Morgan fingerprint density at radius 3 is 2.88 bits per heavy atom. The Morgan fingerprint density at radius 1 is 1.31 bits per heavy atom. The molecule has 16 heavy (non-hydrogen) atoms. The van der Waals surface area contributed by atoms with Gasteiger partial charge in [-0.15, -0.1) is 0 Å². The summed E-state index contributed by atoms with van der Waals surface area (Å²) in [5, 5.41) is 10.1. The van der Waals surface area contributed by atoms with Crippen molar-refractivity contribution in [1.29, 1.82) is 0 Å². The summed E-state index contributed by atoms with van der Waals surface area (Å²) >= 11 is 4.87. The Morgan fingerprint density at radius 2 is 2.19 bits per heavy atom. The zero-order valence-corrected chi connectivity index (χ0v) is 10.7. The molecule has 2 rings (SSSR count). The van der Waals surface area contributed by atoms with E-state index in [-0.39, 0.29) is 6.61 Å². The molecular weight excluding hydrogens is 288 g/mol. The van der Waals surface area contributed by atoms with Crippen molar-refractivity contribution in [2.45, 2.75) is 16.5 Å². The maximum atomic E-state index is 9.25. The van der Waals surface area contributed by atoms with Gasteiger partial charge in [0, 0.05) is 21.8 Å². The molecule has 0 aliphatic heterocycles. The predicted octanol–water partition coefficient (Wildman–Crippen LogP) is 2.88. The number of nitrogens with zero attached hydrogens (tertiary/aromatic N) is 2. The summed E-state index contributed by atoms with van der Waals surface area (Å²) in [6, 6.07) is 5.80. The maximum absolute atomic E-state index is 9.25. The highest BCUT2D eigenvalue weighted by atomic mass is 79.9. The van der Waals surface area contributed by atoms with E-state index in [9.17, 15) is 5.11 Å². The average molecular weight is 297 g/mol. The number of hydrogen-bond donors (Lipinski definition) is 1. The highest BCUT2D eigenvalue weighted by molar-refractivity contribution is 9.10. The molecule has 0 fully saturated rings. The minimum atomic E-state index is 0.0159. The van der Waals surface area contributed by atoms with Crippen LogP contribution in [0.25, 0.3) is 0 Å². The van der Waals surface area contributed by atoms with Crippen LogP contribution in [0.2, 0.25) is 0 Å². The van der Waals surface area contributed by atoms with E-state index >= 15 is 0 Å². The molecule has 0 radical (unpaired) electrons. The van der Waals surface area contributed by atoms with E-state index in [0.717, 1.165) is 20.0 Å². The Bertz CT molecular complexity index is 479. The molecule has 0 bridgehead atoms. The van der Waals surface area contributed by atoms with Gasteiger partial charge in [-0.3, -0.25) is 4.98 Å². The molecule has 0 atom stereocenters. The molecule has 1 N–H and O–H groups in total. The number of halogens is 1. The summed E-state index contributed by atoms with van der Waals surface area (Å²) in [5.41, 5.74) is 0.880. The van der Waals surface area contributed by atoms with Gasteiger partial charge in [0.2, 0.25) is 0 Å². The Hall–Kier alpha value is -0.910. The lowest BCUT2D eigenvalue weighted by atomic mass is 10.2. The summed E-state index contributed by atoms with van der Waals surface area (Å²) in [6.07, 6.45) is 4.99. The molecule has 2 aromatic rings. The third-order valence-corrected chi connectivity index (χ3v) is 3.48. The number of rotatable bonds is 3. The lowest BCUT2D eigenvalue weighted by Crippen LogP contribution is -1.88. The third-order valence-electron chi connectivity index (χ3n) is 1.95. The number of aliphatic hydroxyl groups is 1. The molecule has 0 saturated carbocycles. The second kappa shape index (κ2) is 5.43. The van der Waals surface area contributed by atoms with Crippen molar-refractivity contribution in [3.63, 3.8) is 0 Å². The van der Waals surface area contributed by atoms with Crippen molar-refractivity contribution in [3.8, 4) is 0 Å². The zero-order chi connectivity index (χ0) is 11.4. The molecule has 3 nitrogen and oxygen atoms in total. The van der Waals surface area contributed by atoms with Gasteiger partial charge in [0.15, 0.2) is 0 Å². The lowest BCUT2D eigenvalue weighted by molar-refractivity contribution is 0.279. The van der Waals surface area contributed by atoms with Crippen LogP contribution in [0.5, 0.6) is 0 Å². The van der Waals surface area contributed by atoms with E-state index in [1.165, 1.54) is 11.8 Å². The Kier molecular flexibility index (Phi) is 3.93. The minimum Gasteiger partial charge on any atom is -0.392 e. The Balaban J connectivity index is 2.28. The van der Waals surface area contributed by atoms with Crippen molar-refractivity contribution >= 4 is 27.7 Å². The number of benzene rings is 1. The van der Waals surface area contributed by atoms with Crippen molar-refractivity contribution in [3.05, 3.63) is 46.8 Å². The van der Waals surface area contributed by atoms with Crippen LogP contribution in [-0.2, 0) is 6.61 Å². The summed E-state index contributed by atoms with van der Waals surface area (Å²) < 4.78 is 0.958. The van der Waals surface area contributed by atoms with E-state index in [0.29, 0.717) is 0 Å². The van der Waals surface area contributed by atoms with Gasteiger partial charge in [0.05, 0.1) is 12.8 Å². The van der Waals surface area contributed by atoms with Gasteiger partial charge in [0.1, 0.15) is 5.03 Å². The standard InChI is InChI=1S/C11H9BrN2OS/c12-9-1-2-10(8(5-9)7-15)16-11-6-13-3-4-14-11/h1-6,15H,7H2. The number of aromatic nitrogens is 2. The molecule has 0 unspecified atom stereocenters. The van der Waals surface area contributed by atoms with Crippen LogP contribution in [-0.4, -0.2) is 15.1 Å². The van der Waals surface area contributed by atoms with Gasteiger partial charge in [-0.25, -0.2) is 4.98 Å². The summed E-state index contributed by atoms with van der Waals surface area (Å²) in [5.74, 6) is 0. The van der Waals surface area contributed by atoms with Crippen molar-refractivity contribution < 1.29 is 5.11 Å². The molecule has 0 aliphatic rings. The van der Waals surface area contributed by atoms with Gasteiger partial charge in [-0.1, -0.05) is 27.7 Å². The first kappa shape index (κ1) is 11.6. The fourth-order valence-electron chi connectivity index (χ4n) is 1.22. The quantitative estimate of drug-likeness (QED) is 0.946. The van der Waals surface area contributed by atoms with E-state index in [2.05, 4.69) is 25.9 Å². The fourth-order valence-corrected chi connectivity index (χ4v) is 2.47. The van der Waals surface area contributed by atoms with E-state index in [4.69, 9.17) is 0 Å². The molecule has 0 spiro atoms. The molecule has 0 saturated heterocycles. The maximum Gasteiger partial charge on any atom is 0.119 e. The fraction of sp³-hybridized carbons (Fsp3) is 0.0909. The van der Waals surface area contributed by atoms with Crippen molar-refractivity contribution in [1.82, 2.24) is 9.97 Å². The normalized spacial score (nSPS) is 10.4. The average Bonchev–Trinajstić information content (AvgIpc) is 2.33. The van der Waals surface area contributed by atoms with Crippen LogP contribution in [0.15, 0.2) is 51.2 Å². The molecule has 1 aromatic carbocycles. The van der Waals surface area contributed by atoms with Gasteiger partial charge in [-0.2, -0.15) is 0 Å². The summed E-state index contributed by atoms with van der Waals surface area (Å²) in [6.45, 7) is 0.0159. The topological polar surface area (TPSA) is 46.0 Å². The van der Waals surface area contributed by atoms with Crippen LogP contribution in [0, 0.1) is 0 Å². The predicted molar refractivity (Wildman–Crippen MR) is 66.2 cm³/mol.